The highest BCUT2D eigenvalue weighted by Gasteiger charge is 2.08. The number of hydrogen-bond acceptors (Lipinski definition) is 4. The molecule has 4 heteroatoms. The Labute approximate surface area is 122 Å². The van der Waals surface area contributed by atoms with E-state index in [1.807, 2.05) is 0 Å². The summed E-state index contributed by atoms with van der Waals surface area (Å²) >= 11 is 0. The van der Waals surface area contributed by atoms with Crippen molar-refractivity contribution in [3.8, 4) is 0 Å². The summed E-state index contributed by atoms with van der Waals surface area (Å²) in [6.07, 6.45) is 1.19. The standard InChI is InChI=1S/C16H26N2O2/c1-19-14-16-5-2-4-15(12-16)13-17-6-3-7-18-8-10-20-11-9-18/h2,4-5,12,17H,3,6-11,13-14H2,1H3. The summed E-state index contributed by atoms with van der Waals surface area (Å²) in [4.78, 5) is 2.48. The highest BCUT2D eigenvalue weighted by atomic mass is 16.5. The molecule has 1 N–H and O–H groups in total. The SMILES string of the molecule is COCc1cccc(CNCCCN2CCOCC2)c1. The number of nitrogens with zero attached hydrogens (tertiary/aromatic N) is 1. The molecule has 1 fully saturated rings. The molecule has 1 aromatic rings. The monoisotopic (exact) mass is 278 g/mol. The molecule has 0 spiro atoms. The van der Waals surface area contributed by atoms with Crippen molar-refractivity contribution in [2.75, 3.05) is 46.5 Å². The quantitative estimate of drug-likeness (QED) is 0.733. The maximum atomic E-state index is 5.35. The lowest BCUT2D eigenvalue weighted by atomic mass is 10.1. The van der Waals surface area contributed by atoms with Crippen LogP contribution in [0.4, 0.5) is 0 Å². The number of hydrogen-bond donors (Lipinski definition) is 1. The van der Waals surface area contributed by atoms with E-state index in [1.54, 1.807) is 7.11 Å². The fraction of sp³-hybridized carbons (Fsp3) is 0.625. The third-order valence-corrected chi connectivity index (χ3v) is 3.56. The number of nitrogens with one attached hydrogen (secondary N) is 1. The van der Waals surface area contributed by atoms with Gasteiger partial charge < -0.3 is 14.8 Å². The van der Waals surface area contributed by atoms with Gasteiger partial charge in [0, 0.05) is 26.7 Å². The number of methoxy groups -OCH3 is 1. The Bertz CT molecular complexity index is 378. The molecule has 1 aromatic carbocycles. The van der Waals surface area contributed by atoms with Crippen LogP contribution in [0, 0.1) is 0 Å². The minimum Gasteiger partial charge on any atom is -0.380 e. The molecule has 0 saturated carbocycles. The lowest BCUT2D eigenvalue weighted by molar-refractivity contribution is 0.0374. The van der Waals surface area contributed by atoms with Gasteiger partial charge >= 0.3 is 0 Å². The average Bonchev–Trinajstić information content (AvgIpc) is 2.49. The van der Waals surface area contributed by atoms with Gasteiger partial charge in [0.15, 0.2) is 0 Å². The van der Waals surface area contributed by atoms with Crippen LogP contribution in [0.25, 0.3) is 0 Å². The van der Waals surface area contributed by atoms with Crippen molar-refractivity contribution in [2.24, 2.45) is 0 Å². The Morgan fingerprint density at radius 3 is 2.85 bits per heavy atom. The third kappa shape index (κ3) is 5.59. The van der Waals surface area contributed by atoms with Gasteiger partial charge in [-0.25, -0.2) is 0 Å². The lowest BCUT2D eigenvalue weighted by Gasteiger charge is -2.26. The molecule has 0 unspecified atom stereocenters. The molecule has 0 aliphatic carbocycles. The molecule has 1 saturated heterocycles. The number of ether oxygens (including phenoxy) is 2. The van der Waals surface area contributed by atoms with Gasteiger partial charge in [-0.05, 0) is 30.6 Å². The summed E-state index contributed by atoms with van der Waals surface area (Å²) in [6, 6.07) is 8.57. The van der Waals surface area contributed by atoms with E-state index in [9.17, 15) is 0 Å². The summed E-state index contributed by atoms with van der Waals surface area (Å²) in [5.74, 6) is 0. The van der Waals surface area contributed by atoms with E-state index in [1.165, 1.54) is 24.1 Å². The van der Waals surface area contributed by atoms with E-state index in [0.29, 0.717) is 6.61 Å². The highest BCUT2D eigenvalue weighted by Crippen LogP contribution is 2.06. The van der Waals surface area contributed by atoms with Gasteiger partial charge in [-0.3, -0.25) is 4.90 Å². The van der Waals surface area contributed by atoms with Crippen LogP contribution < -0.4 is 5.32 Å². The van der Waals surface area contributed by atoms with Crippen molar-refractivity contribution in [3.05, 3.63) is 35.4 Å². The Balaban J connectivity index is 1.59. The lowest BCUT2D eigenvalue weighted by Crippen LogP contribution is -2.37. The van der Waals surface area contributed by atoms with E-state index in [2.05, 4.69) is 34.5 Å². The van der Waals surface area contributed by atoms with Gasteiger partial charge in [0.05, 0.1) is 19.8 Å². The molecule has 0 radical (unpaired) electrons. The van der Waals surface area contributed by atoms with Gasteiger partial charge in [0.25, 0.3) is 0 Å². The fourth-order valence-electron chi connectivity index (χ4n) is 2.48. The molecular weight excluding hydrogens is 252 g/mol. The zero-order chi connectivity index (χ0) is 14.0. The molecular formula is C16H26N2O2. The predicted octanol–water partition coefficient (Wildman–Crippen LogP) is 1.64. The zero-order valence-corrected chi connectivity index (χ0v) is 12.4. The average molecular weight is 278 g/mol. The maximum Gasteiger partial charge on any atom is 0.0713 e. The van der Waals surface area contributed by atoms with Crippen LogP contribution in [-0.2, 0) is 22.6 Å². The van der Waals surface area contributed by atoms with Gasteiger partial charge in [-0.1, -0.05) is 24.3 Å². The molecule has 0 aromatic heterocycles. The topological polar surface area (TPSA) is 33.7 Å². The van der Waals surface area contributed by atoms with Crippen LogP contribution in [0.5, 0.6) is 0 Å². The molecule has 20 heavy (non-hydrogen) atoms. The fourth-order valence-corrected chi connectivity index (χ4v) is 2.48. The van der Waals surface area contributed by atoms with E-state index < -0.39 is 0 Å². The zero-order valence-electron chi connectivity index (χ0n) is 12.4. The normalized spacial score (nSPS) is 16.4. The van der Waals surface area contributed by atoms with Crippen LogP contribution in [0.1, 0.15) is 17.5 Å². The van der Waals surface area contributed by atoms with Crippen LogP contribution in [0.3, 0.4) is 0 Å². The molecule has 1 aliphatic heterocycles. The van der Waals surface area contributed by atoms with Gasteiger partial charge in [0.1, 0.15) is 0 Å². The van der Waals surface area contributed by atoms with Crippen molar-refractivity contribution >= 4 is 0 Å². The van der Waals surface area contributed by atoms with Crippen molar-refractivity contribution in [1.82, 2.24) is 10.2 Å². The van der Waals surface area contributed by atoms with Gasteiger partial charge in [-0.2, -0.15) is 0 Å². The Kier molecular flexibility index (Phi) is 7.01. The van der Waals surface area contributed by atoms with Gasteiger partial charge in [0.2, 0.25) is 0 Å². The van der Waals surface area contributed by atoms with Crippen LogP contribution >= 0.6 is 0 Å². The van der Waals surface area contributed by atoms with Crippen molar-refractivity contribution < 1.29 is 9.47 Å². The summed E-state index contributed by atoms with van der Waals surface area (Å²) in [5, 5.41) is 3.51. The van der Waals surface area contributed by atoms with Gasteiger partial charge in [-0.15, -0.1) is 0 Å². The van der Waals surface area contributed by atoms with E-state index in [4.69, 9.17) is 9.47 Å². The molecule has 0 bridgehead atoms. The second-order valence-electron chi connectivity index (χ2n) is 5.24. The first-order valence-corrected chi connectivity index (χ1v) is 7.46. The smallest absolute Gasteiger partial charge is 0.0713 e. The minimum atomic E-state index is 0.685. The second-order valence-corrected chi connectivity index (χ2v) is 5.24. The summed E-state index contributed by atoms with van der Waals surface area (Å²) in [5.41, 5.74) is 2.56. The van der Waals surface area contributed by atoms with E-state index >= 15 is 0 Å². The van der Waals surface area contributed by atoms with Crippen molar-refractivity contribution in [2.45, 2.75) is 19.6 Å². The summed E-state index contributed by atoms with van der Waals surface area (Å²) in [7, 11) is 1.73. The first-order valence-electron chi connectivity index (χ1n) is 7.46. The summed E-state index contributed by atoms with van der Waals surface area (Å²) in [6.45, 7) is 7.79. The molecule has 0 atom stereocenters. The first kappa shape index (κ1) is 15.4. The van der Waals surface area contributed by atoms with Crippen molar-refractivity contribution in [1.29, 1.82) is 0 Å². The number of rotatable bonds is 8. The number of benzene rings is 1. The van der Waals surface area contributed by atoms with E-state index in [0.717, 1.165) is 39.4 Å². The first-order chi connectivity index (χ1) is 9.88. The largest absolute Gasteiger partial charge is 0.380 e. The maximum absolute atomic E-state index is 5.35. The van der Waals surface area contributed by atoms with Crippen molar-refractivity contribution in [3.63, 3.8) is 0 Å². The number of morpholine rings is 1. The van der Waals surface area contributed by atoms with Crippen LogP contribution in [-0.4, -0.2) is 51.4 Å². The summed E-state index contributed by atoms with van der Waals surface area (Å²) < 4.78 is 10.5. The third-order valence-electron chi connectivity index (χ3n) is 3.56. The molecule has 1 heterocycles. The Hall–Kier alpha value is -0.940. The second kappa shape index (κ2) is 9.08. The molecule has 0 amide bonds. The molecule has 4 nitrogen and oxygen atoms in total. The van der Waals surface area contributed by atoms with Crippen LogP contribution in [0.15, 0.2) is 24.3 Å². The van der Waals surface area contributed by atoms with Crippen LogP contribution in [0.2, 0.25) is 0 Å². The molecule has 1 aliphatic rings. The predicted molar refractivity (Wildman–Crippen MR) is 80.7 cm³/mol. The Morgan fingerprint density at radius 2 is 2.05 bits per heavy atom. The minimum absolute atomic E-state index is 0.685. The molecule has 2 rings (SSSR count). The van der Waals surface area contributed by atoms with E-state index in [-0.39, 0.29) is 0 Å². The highest BCUT2D eigenvalue weighted by molar-refractivity contribution is 5.22. The molecule has 112 valence electrons. The Morgan fingerprint density at radius 1 is 1.25 bits per heavy atom.